The van der Waals surface area contributed by atoms with E-state index in [0.717, 1.165) is 30.5 Å². The highest BCUT2D eigenvalue weighted by Gasteiger charge is 2.25. The SMILES string of the molecule is COc1cc(NC(=O)c2ccn(-c3cc(C)ccc3OC)n2)c(C(=O)N2CCCCC2)cc1OC. The molecule has 0 saturated carbocycles. The number of amides is 2. The minimum atomic E-state index is -0.449. The Bertz CT molecular complexity index is 1230. The highest BCUT2D eigenvalue weighted by atomic mass is 16.5. The van der Waals surface area contributed by atoms with E-state index in [1.807, 2.05) is 25.1 Å². The molecule has 2 aromatic carbocycles. The van der Waals surface area contributed by atoms with Gasteiger partial charge in [0.05, 0.1) is 32.6 Å². The summed E-state index contributed by atoms with van der Waals surface area (Å²) in [6.45, 7) is 3.34. The highest BCUT2D eigenvalue weighted by molar-refractivity contribution is 6.08. The Morgan fingerprint density at radius 1 is 0.886 bits per heavy atom. The van der Waals surface area contributed by atoms with E-state index in [9.17, 15) is 9.59 Å². The molecule has 0 aliphatic carbocycles. The zero-order valence-electron chi connectivity index (χ0n) is 20.5. The van der Waals surface area contributed by atoms with Crippen LogP contribution in [0.5, 0.6) is 17.2 Å². The standard InChI is InChI=1S/C26H30N4O5/c1-17-8-9-22(33-2)21(14-17)30-13-10-19(28-30)25(31)27-20-16-24(35-4)23(34-3)15-18(20)26(32)29-11-6-5-7-12-29/h8-10,13-16H,5-7,11-12H2,1-4H3,(H,27,31). The lowest BCUT2D eigenvalue weighted by atomic mass is 10.1. The molecule has 4 rings (SSSR count). The number of carbonyl (C=O) groups is 2. The van der Waals surface area contributed by atoms with E-state index in [0.29, 0.717) is 41.6 Å². The molecule has 2 heterocycles. The monoisotopic (exact) mass is 478 g/mol. The number of methoxy groups -OCH3 is 3. The second-order valence-electron chi connectivity index (χ2n) is 8.38. The van der Waals surface area contributed by atoms with Crippen molar-refractivity contribution in [3.05, 3.63) is 59.4 Å². The lowest BCUT2D eigenvalue weighted by Crippen LogP contribution is -2.36. The first-order valence-corrected chi connectivity index (χ1v) is 11.5. The lowest BCUT2D eigenvalue weighted by Gasteiger charge is -2.28. The number of hydrogen-bond acceptors (Lipinski definition) is 6. The third kappa shape index (κ3) is 5.08. The third-order valence-electron chi connectivity index (χ3n) is 6.05. The molecule has 1 aromatic heterocycles. The van der Waals surface area contributed by atoms with E-state index in [2.05, 4.69) is 10.4 Å². The molecule has 0 spiro atoms. The van der Waals surface area contributed by atoms with Crippen LogP contribution in [0.1, 0.15) is 45.7 Å². The van der Waals surface area contributed by atoms with E-state index < -0.39 is 5.91 Å². The molecule has 1 aliphatic rings. The number of rotatable bonds is 7. The molecule has 0 radical (unpaired) electrons. The fraction of sp³-hybridized carbons (Fsp3) is 0.346. The van der Waals surface area contributed by atoms with Gasteiger partial charge >= 0.3 is 0 Å². The smallest absolute Gasteiger partial charge is 0.276 e. The molecule has 1 saturated heterocycles. The summed E-state index contributed by atoms with van der Waals surface area (Å²) < 4.78 is 17.8. The Balaban J connectivity index is 1.65. The Morgan fingerprint density at radius 3 is 2.26 bits per heavy atom. The summed E-state index contributed by atoms with van der Waals surface area (Å²) in [6.07, 6.45) is 4.72. The minimum absolute atomic E-state index is 0.157. The van der Waals surface area contributed by atoms with Crippen molar-refractivity contribution in [3.8, 4) is 22.9 Å². The van der Waals surface area contributed by atoms with Crippen LogP contribution in [0, 0.1) is 6.92 Å². The summed E-state index contributed by atoms with van der Waals surface area (Å²) in [5.41, 5.74) is 2.63. The molecule has 1 fully saturated rings. The fourth-order valence-corrected chi connectivity index (χ4v) is 4.17. The van der Waals surface area contributed by atoms with Crippen LogP contribution in [0.2, 0.25) is 0 Å². The third-order valence-corrected chi connectivity index (χ3v) is 6.05. The van der Waals surface area contributed by atoms with Crippen LogP contribution >= 0.6 is 0 Å². The molecular weight excluding hydrogens is 448 g/mol. The van der Waals surface area contributed by atoms with Crippen molar-refractivity contribution in [3.63, 3.8) is 0 Å². The quantitative estimate of drug-likeness (QED) is 0.550. The number of nitrogens with one attached hydrogen (secondary N) is 1. The van der Waals surface area contributed by atoms with Crippen LogP contribution in [0.15, 0.2) is 42.6 Å². The number of aryl methyl sites for hydroxylation is 1. The maximum Gasteiger partial charge on any atom is 0.276 e. The molecule has 184 valence electrons. The number of anilines is 1. The van der Waals surface area contributed by atoms with Gasteiger partial charge in [-0.25, -0.2) is 4.68 Å². The first-order chi connectivity index (χ1) is 16.9. The molecule has 2 amide bonds. The molecule has 0 bridgehead atoms. The molecule has 0 unspecified atom stereocenters. The van der Waals surface area contributed by atoms with Crippen LogP contribution in [0.25, 0.3) is 5.69 Å². The molecule has 1 N–H and O–H groups in total. The first kappa shape index (κ1) is 24.1. The Kier molecular flexibility index (Phi) is 7.24. The number of benzene rings is 2. The highest BCUT2D eigenvalue weighted by Crippen LogP contribution is 2.35. The van der Waals surface area contributed by atoms with Crippen molar-refractivity contribution in [2.24, 2.45) is 0 Å². The summed E-state index contributed by atoms with van der Waals surface area (Å²) in [6, 6.07) is 10.6. The van der Waals surface area contributed by atoms with Crippen LogP contribution in [-0.4, -0.2) is 60.9 Å². The molecular formula is C26H30N4O5. The normalized spacial score (nSPS) is 13.3. The number of carbonyl (C=O) groups excluding carboxylic acids is 2. The van der Waals surface area contributed by atoms with Crippen LogP contribution in [0.3, 0.4) is 0 Å². The average Bonchev–Trinajstić information content (AvgIpc) is 3.39. The van der Waals surface area contributed by atoms with Gasteiger partial charge in [-0.3, -0.25) is 9.59 Å². The van der Waals surface area contributed by atoms with Gasteiger partial charge in [0.1, 0.15) is 11.4 Å². The van der Waals surface area contributed by atoms with Crippen LogP contribution in [0.4, 0.5) is 5.69 Å². The van der Waals surface area contributed by atoms with Gasteiger partial charge in [-0.05, 0) is 56.0 Å². The van der Waals surface area contributed by atoms with Gasteiger partial charge in [-0.1, -0.05) is 6.07 Å². The van der Waals surface area contributed by atoms with Gasteiger partial charge in [0, 0.05) is 25.4 Å². The topological polar surface area (TPSA) is 94.9 Å². The second kappa shape index (κ2) is 10.5. The summed E-state index contributed by atoms with van der Waals surface area (Å²) in [4.78, 5) is 28.3. The number of likely N-dealkylation sites (tertiary alicyclic amines) is 1. The number of piperidine rings is 1. The summed E-state index contributed by atoms with van der Waals surface area (Å²) >= 11 is 0. The lowest BCUT2D eigenvalue weighted by molar-refractivity contribution is 0.0725. The maximum absolute atomic E-state index is 13.3. The first-order valence-electron chi connectivity index (χ1n) is 11.5. The van der Waals surface area contributed by atoms with Crippen molar-refractivity contribution in [1.29, 1.82) is 0 Å². The largest absolute Gasteiger partial charge is 0.494 e. The predicted octanol–water partition coefficient (Wildman–Crippen LogP) is 4.08. The molecule has 1 aliphatic heterocycles. The van der Waals surface area contributed by atoms with E-state index in [1.54, 1.807) is 41.1 Å². The summed E-state index contributed by atoms with van der Waals surface area (Å²) in [7, 11) is 4.60. The molecule has 0 atom stereocenters. The summed E-state index contributed by atoms with van der Waals surface area (Å²) in [5.74, 6) is 0.862. The Morgan fingerprint density at radius 2 is 1.57 bits per heavy atom. The van der Waals surface area contributed by atoms with Crippen molar-refractivity contribution in [1.82, 2.24) is 14.7 Å². The molecule has 3 aromatic rings. The number of nitrogens with zero attached hydrogens (tertiary/aromatic N) is 3. The van der Waals surface area contributed by atoms with Gasteiger partial charge in [0.25, 0.3) is 11.8 Å². The van der Waals surface area contributed by atoms with Crippen molar-refractivity contribution in [2.45, 2.75) is 26.2 Å². The Hall–Kier alpha value is -4.01. The van der Waals surface area contributed by atoms with Crippen molar-refractivity contribution in [2.75, 3.05) is 39.7 Å². The van der Waals surface area contributed by atoms with Crippen molar-refractivity contribution < 1.29 is 23.8 Å². The van der Waals surface area contributed by atoms with Gasteiger partial charge < -0.3 is 24.4 Å². The van der Waals surface area contributed by atoms with Gasteiger partial charge in [0.2, 0.25) is 0 Å². The average molecular weight is 479 g/mol. The van der Waals surface area contributed by atoms with E-state index >= 15 is 0 Å². The van der Waals surface area contributed by atoms with Gasteiger partial charge in [-0.15, -0.1) is 0 Å². The summed E-state index contributed by atoms with van der Waals surface area (Å²) in [5, 5.41) is 7.29. The van der Waals surface area contributed by atoms with E-state index in [4.69, 9.17) is 14.2 Å². The number of hydrogen-bond donors (Lipinski definition) is 1. The maximum atomic E-state index is 13.3. The predicted molar refractivity (Wildman–Crippen MR) is 132 cm³/mol. The molecule has 9 heteroatoms. The minimum Gasteiger partial charge on any atom is -0.494 e. The second-order valence-corrected chi connectivity index (χ2v) is 8.38. The van der Waals surface area contributed by atoms with Crippen LogP contribution < -0.4 is 19.5 Å². The van der Waals surface area contributed by atoms with Gasteiger partial charge in [-0.2, -0.15) is 5.10 Å². The van der Waals surface area contributed by atoms with Crippen molar-refractivity contribution >= 4 is 17.5 Å². The molecule has 35 heavy (non-hydrogen) atoms. The van der Waals surface area contributed by atoms with Crippen LogP contribution in [-0.2, 0) is 0 Å². The zero-order valence-corrected chi connectivity index (χ0v) is 20.5. The number of aromatic nitrogens is 2. The fourth-order valence-electron chi connectivity index (χ4n) is 4.17. The molecule has 9 nitrogen and oxygen atoms in total. The Labute approximate surface area is 204 Å². The van der Waals surface area contributed by atoms with E-state index in [-0.39, 0.29) is 11.6 Å². The number of ether oxygens (including phenoxy) is 3. The zero-order chi connectivity index (χ0) is 24.9. The van der Waals surface area contributed by atoms with Gasteiger partial charge in [0.15, 0.2) is 17.2 Å². The van der Waals surface area contributed by atoms with E-state index in [1.165, 1.54) is 14.2 Å².